The summed E-state index contributed by atoms with van der Waals surface area (Å²) in [5.41, 5.74) is 7.25. The lowest BCUT2D eigenvalue weighted by Crippen LogP contribution is -2.28. The molecule has 1 aromatic heterocycles. The smallest absolute Gasteiger partial charge is 0.117 e. The van der Waals surface area contributed by atoms with Gasteiger partial charge in [0, 0.05) is 12.2 Å². The van der Waals surface area contributed by atoms with Crippen molar-refractivity contribution in [2.75, 3.05) is 18.8 Å². The fourth-order valence-electron chi connectivity index (χ4n) is 2.04. The number of furan rings is 1. The first-order valence-electron chi connectivity index (χ1n) is 6.47. The normalized spacial score (nSPS) is 12.8. The lowest BCUT2D eigenvalue weighted by atomic mass is 10.1. The van der Waals surface area contributed by atoms with Crippen molar-refractivity contribution >= 4 is 5.69 Å². The first kappa shape index (κ1) is 13.6. The summed E-state index contributed by atoms with van der Waals surface area (Å²) in [6, 6.07) is 11.2. The van der Waals surface area contributed by atoms with E-state index >= 15 is 0 Å². The number of hydrogen-bond donors (Lipinski definition) is 2. The van der Waals surface area contributed by atoms with Crippen LogP contribution in [0.1, 0.15) is 24.4 Å². The van der Waals surface area contributed by atoms with Crippen molar-refractivity contribution in [2.24, 2.45) is 0 Å². The maximum Gasteiger partial charge on any atom is 0.117 e. The molecule has 2 rings (SSSR count). The van der Waals surface area contributed by atoms with Crippen LogP contribution in [0.15, 0.2) is 47.1 Å². The fourth-order valence-corrected chi connectivity index (χ4v) is 2.04. The summed E-state index contributed by atoms with van der Waals surface area (Å²) in [5, 5.41) is 10.2. The lowest BCUT2D eigenvalue weighted by Gasteiger charge is -2.23. The van der Waals surface area contributed by atoms with Crippen molar-refractivity contribution < 1.29 is 9.52 Å². The number of aliphatic hydroxyl groups excluding tert-OH is 1. The Morgan fingerprint density at radius 1 is 1.32 bits per heavy atom. The van der Waals surface area contributed by atoms with Crippen molar-refractivity contribution in [2.45, 2.75) is 19.6 Å². The third-order valence-corrected chi connectivity index (χ3v) is 3.13. The molecular formula is C15H20N2O2. The number of likely N-dealkylation sites (N-methyl/N-ethyl adjacent to an activating group) is 1. The van der Waals surface area contributed by atoms with Crippen molar-refractivity contribution in [1.82, 2.24) is 4.90 Å². The second kappa shape index (κ2) is 6.41. The molecule has 0 aliphatic rings. The summed E-state index contributed by atoms with van der Waals surface area (Å²) in [6.45, 7) is 4.17. The molecule has 0 aliphatic heterocycles. The highest BCUT2D eigenvalue weighted by Gasteiger charge is 2.13. The van der Waals surface area contributed by atoms with E-state index in [0.717, 1.165) is 17.9 Å². The molecule has 1 atom stereocenters. The quantitative estimate of drug-likeness (QED) is 0.783. The number of nitrogens with zero attached hydrogens (tertiary/aromatic N) is 1. The van der Waals surface area contributed by atoms with Gasteiger partial charge in [0.05, 0.1) is 18.9 Å². The minimum atomic E-state index is -0.543. The monoisotopic (exact) mass is 260 g/mol. The zero-order valence-electron chi connectivity index (χ0n) is 11.1. The van der Waals surface area contributed by atoms with E-state index in [9.17, 15) is 5.11 Å². The number of benzene rings is 1. The van der Waals surface area contributed by atoms with E-state index in [2.05, 4.69) is 11.8 Å². The van der Waals surface area contributed by atoms with Gasteiger partial charge in [0.1, 0.15) is 5.76 Å². The number of aliphatic hydroxyl groups is 1. The van der Waals surface area contributed by atoms with E-state index in [1.54, 1.807) is 6.26 Å². The van der Waals surface area contributed by atoms with E-state index in [-0.39, 0.29) is 0 Å². The standard InChI is InChI=1S/C15H20N2O2/c1-2-17(10-14-7-4-8-19-14)11-15(18)12-5-3-6-13(16)9-12/h3-9,15,18H,2,10-11,16H2,1H3. The van der Waals surface area contributed by atoms with Gasteiger partial charge < -0.3 is 15.3 Å². The van der Waals surface area contributed by atoms with Gasteiger partial charge in [-0.15, -0.1) is 0 Å². The van der Waals surface area contributed by atoms with Gasteiger partial charge >= 0.3 is 0 Å². The largest absolute Gasteiger partial charge is 0.468 e. The second-order valence-corrected chi connectivity index (χ2v) is 4.59. The molecule has 3 N–H and O–H groups in total. The third kappa shape index (κ3) is 3.84. The van der Waals surface area contributed by atoms with Gasteiger partial charge in [-0.3, -0.25) is 4.90 Å². The number of anilines is 1. The van der Waals surface area contributed by atoms with Crippen LogP contribution >= 0.6 is 0 Å². The fraction of sp³-hybridized carbons (Fsp3) is 0.333. The minimum Gasteiger partial charge on any atom is -0.468 e. The van der Waals surface area contributed by atoms with Crippen molar-refractivity contribution in [3.8, 4) is 0 Å². The number of rotatable bonds is 6. The Kier molecular flexibility index (Phi) is 4.60. The van der Waals surface area contributed by atoms with E-state index in [4.69, 9.17) is 10.2 Å². The molecule has 1 heterocycles. The molecule has 0 radical (unpaired) electrons. The van der Waals surface area contributed by atoms with Gasteiger partial charge in [-0.1, -0.05) is 19.1 Å². The van der Waals surface area contributed by atoms with Gasteiger partial charge in [-0.25, -0.2) is 0 Å². The van der Waals surface area contributed by atoms with Gasteiger partial charge in [0.15, 0.2) is 0 Å². The molecule has 0 bridgehead atoms. The van der Waals surface area contributed by atoms with Gasteiger partial charge in [-0.2, -0.15) is 0 Å². The van der Waals surface area contributed by atoms with Crippen LogP contribution in [-0.2, 0) is 6.54 Å². The second-order valence-electron chi connectivity index (χ2n) is 4.59. The molecule has 0 saturated heterocycles. The highest BCUT2D eigenvalue weighted by Crippen LogP contribution is 2.18. The van der Waals surface area contributed by atoms with E-state index in [0.29, 0.717) is 18.8 Å². The molecule has 0 fully saturated rings. The average Bonchev–Trinajstić information content (AvgIpc) is 2.90. The Hall–Kier alpha value is -1.78. The molecule has 19 heavy (non-hydrogen) atoms. The summed E-state index contributed by atoms with van der Waals surface area (Å²) in [4.78, 5) is 2.13. The van der Waals surface area contributed by atoms with Crippen LogP contribution in [0.4, 0.5) is 5.69 Å². The first-order valence-corrected chi connectivity index (χ1v) is 6.47. The van der Waals surface area contributed by atoms with Crippen molar-refractivity contribution in [1.29, 1.82) is 0 Å². The maximum atomic E-state index is 10.2. The maximum absolute atomic E-state index is 10.2. The Morgan fingerprint density at radius 3 is 2.79 bits per heavy atom. The van der Waals surface area contributed by atoms with Crippen LogP contribution in [0.2, 0.25) is 0 Å². The summed E-state index contributed by atoms with van der Waals surface area (Å²) in [7, 11) is 0. The van der Waals surface area contributed by atoms with Gasteiger partial charge in [0.2, 0.25) is 0 Å². The predicted molar refractivity (Wildman–Crippen MR) is 75.5 cm³/mol. The van der Waals surface area contributed by atoms with Gasteiger partial charge in [-0.05, 0) is 36.4 Å². The van der Waals surface area contributed by atoms with Crippen LogP contribution in [0.25, 0.3) is 0 Å². The van der Waals surface area contributed by atoms with Crippen LogP contribution in [0.3, 0.4) is 0 Å². The first-order chi connectivity index (χ1) is 9.19. The Labute approximate surface area is 113 Å². The topological polar surface area (TPSA) is 62.6 Å². The molecule has 2 aromatic rings. The zero-order valence-corrected chi connectivity index (χ0v) is 11.1. The zero-order chi connectivity index (χ0) is 13.7. The SMILES string of the molecule is CCN(Cc1ccco1)CC(O)c1cccc(N)c1. The van der Waals surface area contributed by atoms with Crippen LogP contribution in [0.5, 0.6) is 0 Å². The van der Waals surface area contributed by atoms with Crippen LogP contribution < -0.4 is 5.73 Å². The molecule has 1 aromatic carbocycles. The molecule has 0 saturated carbocycles. The predicted octanol–water partition coefficient (Wildman–Crippen LogP) is 2.42. The molecule has 1 unspecified atom stereocenters. The van der Waals surface area contributed by atoms with E-state index in [1.807, 2.05) is 36.4 Å². The van der Waals surface area contributed by atoms with Gasteiger partial charge in [0.25, 0.3) is 0 Å². The highest BCUT2D eigenvalue weighted by molar-refractivity contribution is 5.41. The van der Waals surface area contributed by atoms with E-state index in [1.165, 1.54) is 0 Å². The summed E-state index contributed by atoms with van der Waals surface area (Å²) >= 11 is 0. The number of hydrogen-bond acceptors (Lipinski definition) is 4. The molecule has 102 valence electrons. The third-order valence-electron chi connectivity index (χ3n) is 3.13. The average molecular weight is 260 g/mol. The Morgan fingerprint density at radius 2 is 2.16 bits per heavy atom. The molecule has 0 spiro atoms. The summed E-state index contributed by atoms with van der Waals surface area (Å²) in [6.07, 6.45) is 1.12. The summed E-state index contributed by atoms with van der Waals surface area (Å²) in [5.74, 6) is 0.904. The molecule has 0 amide bonds. The van der Waals surface area contributed by atoms with Crippen molar-refractivity contribution in [3.63, 3.8) is 0 Å². The molecule has 4 heteroatoms. The highest BCUT2D eigenvalue weighted by atomic mass is 16.3. The van der Waals surface area contributed by atoms with Crippen LogP contribution in [-0.4, -0.2) is 23.1 Å². The van der Waals surface area contributed by atoms with Crippen LogP contribution in [0, 0.1) is 0 Å². The number of nitrogen functional groups attached to an aromatic ring is 1. The lowest BCUT2D eigenvalue weighted by molar-refractivity contribution is 0.108. The van der Waals surface area contributed by atoms with Crippen molar-refractivity contribution in [3.05, 3.63) is 54.0 Å². The molecule has 4 nitrogen and oxygen atoms in total. The Bertz CT molecular complexity index is 497. The molecule has 0 aliphatic carbocycles. The summed E-state index contributed by atoms with van der Waals surface area (Å²) < 4.78 is 5.33. The minimum absolute atomic E-state index is 0.543. The Balaban J connectivity index is 1.97. The number of nitrogens with two attached hydrogens (primary N) is 1. The molecular weight excluding hydrogens is 240 g/mol. The van der Waals surface area contributed by atoms with E-state index < -0.39 is 6.10 Å².